The first kappa shape index (κ1) is 18.5. The van der Waals surface area contributed by atoms with Gasteiger partial charge >= 0.3 is 0 Å². The van der Waals surface area contributed by atoms with Crippen molar-refractivity contribution in [1.82, 2.24) is 10.6 Å². The predicted octanol–water partition coefficient (Wildman–Crippen LogP) is 3.10. The van der Waals surface area contributed by atoms with Crippen molar-refractivity contribution >= 4 is 29.9 Å². The summed E-state index contributed by atoms with van der Waals surface area (Å²) >= 11 is 5.94. The molecule has 0 spiro atoms. The molecule has 0 radical (unpaired) electrons. The molecule has 3 rings (SSSR count). The SMILES string of the molecule is C[C@H]1C[C@@H](C(=O)NC2CCOC2c2ccc(Cl)cc2)CCN1.Cl. The summed E-state index contributed by atoms with van der Waals surface area (Å²) in [6.45, 7) is 3.73. The summed E-state index contributed by atoms with van der Waals surface area (Å²) in [5, 5.41) is 7.30. The fraction of sp³-hybridized carbons (Fsp3) is 0.588. The highest BCUT2D eigenvalue weighted by Gasteiger charge is 2.33. The highest BCUT2D eigenvalue weighted by Crippen LogP contribution is 2.30. The zero-order valence-electron chi connectivity index (χ0n) is 13.3. The highest BCUT2D eigenvalue weighted by molar-refractivity contribution is 6.30. The number of carbonyl (C=O) groups is 1. The molecule has 2 aliphatic heterocycles. The molecule has 2 saturated heterocycles. The summed E-state index contributed by atoms with van der Waals surface area (Å²) in [6.07, 6.45) is 2.61. The fourth-order valence-corrected chi connectivity index (χ4v) is 3.51. The van der Waals surface area contributed by atoms with Crippen LogP contribution in [0, 0.1) is 5.92 Å². The van der Waals surface area contributed by atoms with Gasteiger partial charge in [0.2, 0.25) is 5.91 Å². The summed E-state index contributed by atoms with van der Waals surface area (Å²) in [5.41, 5.74) is 1.07. The van der Waals surface area contributed by atoms with Crippen LogP contribution in [0.3, 0.4) is 0 Å². The van der Waals surface area contributed by atoms with E-state index in [1.807, 2.05) is 24.3 Å². The number of piperidine rings is 1. The lowest BCUT2D eigenvalue weighted by Gasteiger charge is -2.29. The molecule has 1 amide bonds. The lowest BCUT2D eigenvalue weighted by Crippen LogP contribution is -2.46. The standard InChI is InChI=1S/C17H23ClN2O2.ClH/c1-11-10-13(6-8-19-11)17(21)20-15-7-9-22-16(15)12-2-4-14(18)5-3-12;/h2-5,11,13,15-16,19H,6-10H2,1H3,(H,20,21);1H/t11-,13-,15?,16?;/m0./s1. The molecule has 0 aliphatic carbocycles. The molecule has 2 heterocycles. The molecule has 1 aromatic rings. The van der Waals surface area contributed by atoms with Gasteiger partial charge in [0.25, 0.3) is 0 Å². The van der Waals surface area contributed by atoms with E-state index in [-0.39, 0.29) is 36.4 Å². The molecule has 0 bridgehead atoms. The van der Waals surface area contributed by atoms with Crippen molar-refractivity contribution in [2.24, 2.45) is 5.92 Å². The van der Waals surface area contributed by atoms with Gasteiger partial charge in [0.15, 0.2) is 0 Å². The third-order valence-corrected chi connectivity index (χ3v) is 4.86. The molecule has 0 saturated carbocycles. The Bertz CT molecular complexity index is 524. The van der Waals surface area contributed by atoms with Crippen LogP contribution in [0.4, 0.5) is 0 Å². The van der Waals surface area contributed by atoms with Crippen molar-refractivity contribution in [3.8, 4) is 0 Å². The van der Waals surface area contributed by atoms with E-state index in [1.165, 1.54) is 0 Å². The van der Waals surface area contributed by atoms with Gasteiger partial charge in [-0.25, -0.2) is 0 Å². The van der Waals surface area contributed by atoms with Crippen LogP contribution in [-0.4, -0.2) is 31.1 Å². The van der Waals surface area contributed by atoms with E-state index in [0.29, 0.717) is 17.7 Å². The van der Waals surface area contributed by atoms with E-state index in [9.17, 15) is 4.79 Å². The average molecular weight is 359 g/mol. The maximum absolute atomic E-state index is 12.5. The number of nitrogens with one attached hydrogen (secondary N) is 2. The second-order valence-corrected chi connectivity index (χ2v) is 6.76. The number of ether oxygens (including phenoxy) is 1. The Labute approximate surface area is 148 Å². The van der Waals surface area contributed by atoms with Gasteiger partial charge in [0.05, 0.1) is 6.04 Å². The van der Waals surface area contributed by atoms with Gasteiger partial charge in [0, 0.05) is 23.6 Å². The topological polar surface area (TPSA) is 50.4 Å². The van der Waals surface area contributed by atoms with Gasteiger partial charge in [0.1, 0.15) is 6.10 Å². The van der Waals surface area contributed by atoms with E-state index in [0.717, 1.165) is 31.4 Å². The third-order valence-electron chi connectivity index (χ3n) is 4.61. The van der Waals surface area contributed by atoms with Crippen LogP contribution in [0.15, 0.2) is 24.3 Å². The van der Waals surface area contributed by atoms with Crippen LogP contribution >= 0.6 is 24.0 Å². The van der Waals surface area contributed by atoms with E-state index in [2.05, 4.69) is 17.6 Å². The van der Waals surface area contributed by atoms with Gasteiger partial charge in [-0.3, -0.25) is 4.79 Å². The van der Waals surface area contributed by atoms with Crippen LogP contribution in [0.5, 0.6) is 0 Å². The Kier molecular flexibility index (Phi) is 6.72. The predicted molar refractivity (Wildman–Crippen MR) is 94.1 cm³/mol. The molecule has 23 heavy (non-hydrogen) atoms. The minimum Gasteiger partial charge on any atom is -0.371 e. The zero-order valence-corrected chi connectivity index (χ0v) is 14.8. The second-order valence-electron chi connectivity index (χ2n) is 6.32. The first-order chi connectivity index (χ1) is 10.6. The summed E-state index contributed by atoms with van der Waals surface area (Å²) in [4.78, 5) is 12.5. The third kappa shape index (κ3) is 4.60. The molecule has 2 aliphatic rings. The van der Waals surface area contributed by atoms with Crippen LogP contribution in [0.1, 0.15) is 37.9 Å². The van der Waals surface area contributed by atoms with Gasteiger partial charge in [-0.1, -0.05) is 23.7 Å². The second kappa shape index (κ2) is 8.34. The van der Waals surface area contributed by atoms with Crippen molar-refractivity contribution in [3.05, 3.63) is 34.9 Å². The average Bonchev–Trinajstić information content (AvgIpc) is 2.96. The minimum absolute atomic E-state index is 0. The summed E-state index contributed by atoms with van der Waals surface area (Å²) in [6, 6.07) is 8.15. The molecule has 4 atom stereocenters. The number of benzene rings is 1. The number of carbonyl (C=O) groups excluding carboxylic acids is 1. The molecule has 4 nitrogen and oxygen atoms in total. The van der Waals surface area contributed by atoms with Crippen LogP contribution in [-0.2, 0) is 9.53 Å². The Balaban J connectivity index is 0.00000192. The summed E-state index contributed by atoms with van der Waals surface area (Å²) in [7, 11) is 0. The number of hydrogen-bond acceptors (Lipinski definition) is 3. The van der Waals surface area contributed by atoms with Crippen LogP contribution in [0.2, 0.25) is 5.02 Å². The van der Waals surface area contributed by atoms with Gasteiger partial charge < -0.3 is 15.4 Å². The Morgan fingerprint density at radius 2 is 2.04 bits per heavy atom. The normalized spacial score (nSPS) is 30.5. The largest absolute Gasteiger partial charge is 0.371 e. The van der Waals surface area contributed by atoms with Gasteiger partial charge in [-0.2, -0.15) is 0 Å². The molecule has 2 fully saturated rings. The van der Waals surface area contributed by atoms with Crippen LogP contribution < -0.4 is 10.6 Å². The van der Waals surface area contributed by atoms with Gasteiger partial charge in [-0.05, 0) is 50.4 Å². The van der Waals surface area contributed by atoms with Crippen molar-refractivity contribution < 1.29 is 9.53 Å². The fourth-order valence-electron chi connectivity index (χ4n) is 3.39. The quantitative estimate of drug-likeness (QED) is 0.872. The number of amides is 1. The minimum atomic E-state index is -0.0691. The molecule has 1 aromatic carbocycles. The number of halogens is 2. The lowest BCUT2D eigenvalue weighted by atomic mass is 9.91. The van der Waals surface area contributed by atoms with Crippen molar-refractivity contribution in [3.63, 3.8) is 0 Å². The Morgan fingerprint density at radius 1 is 1.30 bits per heavy atom. The first-order valence-electron chi connectivity index (χ1n) is 8.04. The van der Waals surface area contributed by atoms with E-state index >= 15 is 0 Å². The maximum Gasteiger partial charge on any atom is 0.223 e. The molecular formula is C17H24Cl2N2O2. The Hall–Kier alpha value is -0.810. The number of rotatable bonds is 3. The van der Waals surface area contributed by atoms with E-state index in [1.54, 1.807) is 0 Å². The monoisotopic (exact) mass is 358 g/mol. The Morgan fingerprint density at radius 3 is 2.74 bits per heavy atom. The maximum atomic E-state index is 12.5. The zero-order chi connectivity index (χ0) is 15.5. The smallest absolute Gasteiger partial charge is 0.223 e. The number of hydrogen-bond donors (Lipinski definition) is 2. The van der Waals surface area contributed by atoms with Crippen molar-refractivity contribution in [2.75, 3.05) is 13.2 Å². The lowest BCUT2D eigenvalue weighted by molar-refractivity contribution is -0.127. The van der Waals surface area contributed by atoms with Crippen molar-refractivity contribution in [2.45, 2.75) is 44.4 Å². The van der Waals surface area contributed by atoms with E-state index < -0.39 is 0 Å². The van der Waals surface area contributed by atoms with Crippen molar-refractivity contribution in [1.29, 1.82) is 0 Å². The van der Waals surface area contributed by atoms with E-state index in [4.69, 9.17) is 16.3 Å². The van der Waals surface area contributed by atoms with Crippen LogP contribution in [0.25, 0.3) is 0 Å². The first-order valence-corrected chi connectivity index (χ1v) is 8.42. The molecule has 2 N–H and O–H groups in total. The summed E-state index contributed by atoms with van der Waals surface area (Å²) in [5.74, 6) is 0.283. The molecule has 2 unspecified atom stereocenters. The van der Waals surface area contributed by atoms with Gasteiger partial charge in [-0.15, -0.1) is 12.4 Å². The molecular weight excluding hydrogens is 335 g/mol. The molecule has 0 aromatic heterocycles. The summed E-state index contributed by atoms with van der Waals surface area (Å²) < 4.78 is 5.83. The molecule has 128 valence electrons. The molecule has 6 heteroatoms. The highest BCUT2D eigenvalue weighted by atomic mass is 35.5.